The van der Waals surface area contributed by atoms with Crippen LogP contribution in [0, 0.1) is 17.8 Å². The highest BCUT2D eigenvalue weighted by Crippen LogP contribution is 2.40. The molecule has 0 aromatic rings. The minimum absolute atomic E-state index is 0.431. The Morgan fingerprint density at radius 1 is 1.27 bits per heavy atom. The Morgan fingerprint density at radius 2 is 2.00 bits per heavy atom. The summed E-state index contributed by atoms with van der Waals surface area (Å²) in [4.78, 5) is 4.69. The molecule has 124 valence electrons. The van der Waals surface area contributed by atoms with Gasteiger partial charge in [-0.05, 0) is 43.6 Å². The van der Waals surface area contributed by atoms with Gasteiger partial charge >= 0.3 is 0 Å². The van der Waals surface area contributed by atoms with Crippen molar-refractivity contribution in [1.82, 2.24) is 5.32 Å². The molecule has 0 amide bonds. The predicted molar refractivity (Wildman–Crippen MR) is 87.2 cm³/mol. The molecule has 0 aromatic carbocycles. The minimum Gasteiger partial charge on any atom is -0.381 e. The molecule has 2 heterocycles. The van der Waals surface area contributed by atoms with Crippen LogP contribution in [-0.4, -0.2) is 31.5 Å². The van der Waals surface area contributed by atoms with E-state index in [9.17, 15) is 0 Å². The van der Waals surface area contributed by atoms with Crippen LogP contribution in [0.1, 0.15) is 45.4 Å². The first kappa shape index (κ1) is 15.8. The number of aliphatic imine (C=N–C) groups is 1. The lowest BCUT2D eigenvalue weighted by molar-refractivity contribution is -0.0846. The van der Waals surface area contributed by atoms with Gasteiger partial charge in [0.05, 0.1) is 6.61 Å². The van der Waals surface area contributed by atoms with Crippen LogP contribution >= 0.6 is 0 Å². The van der Waals surface area contributed by atoms with Crippen LogP contribution in [0.2, 0.25) is 0 Å². The fraction of sp³-hybridized carbons (Fsp3) is 0.824. The van der Waals surface area contributed by atoms with Crippen LogP contribution in [0.5, 0.6) is 0 Å². The molecule has 5 heteroatoms. The Balaban J connectivity index is 1.69. The van der Waals surface area contributed by atoms with Crippen LogP contribution in [-0.2, 0) is 9.47 Å². The second kappa shape index (κ2) is 7.01. The largest absolute Gasteiger partial charge is 0.381 e. The minimum atomic E-state index is -0.562. The number of guanidine groups is 1. The van der Waals surface area contributed by atoms with Gasteiger partial charge in [-0.1, -0.05) is 19.8 Å². The van der Waals surface area contributed by atoms with Crippen molar-refractivity contribution in [3.05, 3.63) is 12.3 Å². The highest BCUT2D eigenvalue weighted by molar-refractivity contribution is 5.80. The molecule has 1 atom stereocenters. The Kier molecular flexibility index (Phi) is 5.03. The van der Waals surface area contributed by atoms with Crippen molar-refractivity contribution >= 4 is 5.96 Å². The topological polar surface area (TPSA) is 68.9 Å². The molecule has 1 unspecified atom stereocenters. The zero-order chi connectivity index (χ0) is 15.4. The quantitative estimate of drug-likeness (QED) is 0.837. The van der Waals surface area contributed by atoms with Crippen molar-refractivity contribution in [2.75, 3.05) is 19.8 Å². The molecule has 3 rings (SSSR count). The lowest BCUT2D eigenvalue weighted by atomic mass is 9.77. The monoisotopic (exact) mass is 307 g/mol. The van der Waals surface area contributed by atoms with E-state index in [4.69, 9.17) is 15.2 Å². The van der Waals surface area contributed by atoms with E-state index in [0.29, 0.717) is 17.8 Å². The lowest BCUT2D eigenvalue weighted by Gasteiger charge is -2.41. The Hall–Kier alpha value is -1.07. The summed E-state index contributed by atoms with van der Waals surface area (Å²) in [5.41, 5.74) is 5.38. The van der Waals surface area contributed by atoms with Crippen molar-refractivity contribution in [2.45, 2.75) is 51.2 Å². The summed E-state index contributed by atoms with van der Waals surface area (Å²) in [6, 6.07) is 0. The third-order valence-corrected chi connectivity index (χ3v) is 5.34. The number of rotatable bonds is 4. The summed E-state index contributed by atoms with van der Waals surface area (Å²) in [7, 11) is 0. The fourth-order valence-corrected chi connectivity index (χ4v) is 3.77. The van der Waals surface area contributed by atoms with Crippen LogP contribution < -0.4 is 11.1 Å². The third kappa shape index (κ3) is 3.63. The van der Waals surface area contributed by atoms with Gasteiger partial charge in [0.1, 0.15) is 0 Å². The molecule has 0 spiro atoms. The predicted octanol–water partition coefficient (Wildman–Crippen LogP) is 2.38. The average molecular weight is 307 g/mol. The van der Waals surface area contributed by atoms with E-state index in [1.165, 1.54) is 12.8 Å². The van der Waals surface area contributed by atoms with Gasteiger partial charge in [-0.2, -0.15) is 0 Å². The molecule has 1 saturated carbocycles. The molecule has 3 aliphatic rings. The van der Waals surface area contributed by atoms with E-state index in [0.717, 1.165) is 51.4 Å². The van der Waals surface area contributed by atoms with E-state index >= 15 is 0 Å². The molecular weight excluding hydrogens is 278 g/mol. The molecule has 1 saturated heterocycles. The summed E-state index contributed by atoms with van der Waals surface area (Å²) in [5.74, 6) is 2.29. The van der Waals surface area contributed by atoms with Crippen molar-refractivity contribution < 1.29 is 9.47 Å². The maximum absolute atomic E-state index is 6.41. The highest BCUT2D eigenvalue weighted by atomic mass is 16.5. The van der Waals surface area contributed by atoms with Gasteiger partial charge in [-0.3, -0.25) is 0 Å². The smallest absolute Gasteiger partial charge is 0.195 e. The molecule has 0 bridgehead atoms. The van der Waals surface area contributed by atoms with Crippen LogP contribution in [0.15, 0.2) is 17.3 Å². The maximum atomic E-state index is 6.41. The van der Waals surface area contributed by atoms with E-state index in [1.807, 2.05) is 6.20 Å². The van der Waals surface area contributed by atoms with E-state index < -0.39 is 5.72 Å². The summed E-state index contributed by atoms with van der Waals surface area (Å²) in [5, 5.41) is 2.97. The Bertz CT molecular complexity index is 424. The molecule has 5 nitrogen and oxygen atoms in total. The molecule has 1 aliphatic carbocycles. The molecule has 22 heavy (non-hydrogen) atoms. The van der Waals surface area contributed by atoms with Crippen molar-refractivity contribution in [2.24, 2.45) is 28.5 Å². The molecule has 3 N–H and O–H groups in total. The number of nitrogens with two attached hydrogens (primary N) is 1. The molecule has 0 aromatic heterocycles. The van der Waals surface area contributed by atoms with Gasteiger partial charge < -0.3 is 20.5 Å². The number of nitrogens with one attached hydrogen (secondary N) is 1. The van der Waals surface area contributed by atoms with Gasteiger partial charge in [0, 0.05) is 25.3 Å². The maximum Gasteiger partial charge on any atom is 0.195 e. The molecule has 0 radical (unpaired) electrons. The second-order valence-electron chi connectivity index (χ2n) is 7.05. The molecule has 2 fully saturated rings. The summed E-state index contributed by atoms with van der Waals surface area (Å²) < 4.78 is 11.8. The first-order valence-corrected chi connectivity index (χ1v) is 8.69. The zero-order valence-electron chi connectivity index (χ0n) is 13.6. The van der Waals surface area contributed by atoms with E-state index in [2.05, 4.69) is 23.3 Å². The first-order valence-electron chi connectivity index (χ1n) is 8.69. The van der Waals surface area contributed by atoms with Gasteiger partial charge in [0.2, 0.25) is 0 Å². The number of hydrogen-bond acceptors (Lipinski definition) is 5. The van der Waals surface area contributed by atoms with Crippen molar-refractivity contribution in [1.29, 1.82) is 0 Å². The number of nitrogens with zero attached hydrogens (tertiary/aromatic N) is 1. The van der Waals surface area contributed by atoms with Crippen molar-refractivity contribution in [3.8, 4) is 0 Å². The van der Waals surface area contributed by atoms with Crippen LogP contribution in [0.25, 0.3) is 0 Å². The summed E-state index contributed by atoms with van der Waals surface area (Å²) in [6.07, 6.45) is 11.0. The standard InChI is InChI=1S/C17H29N3O2/c1-13-2-4-15(5-3-13)17(8-9-19-16(18)20-17)22-12-14-6-10-21-11-7-14/h8-9,13-15H,2-7,10-12H2,1H3,(H3,18,19,20). The third-order valence-electron chi connectivity index (χ3n) is 5.34. The summed E-state index contributed by atoms with van der Waals surface area (Å²) >= 11 is 0. The van der Waals surface area contributed by atoms with Crippen LogP contribution in [0.3, 0.4) is 0 Å². The highest BCUT2D eigenvalue weighted by Gasteiger charge is 2.41. The van der Waals surface area contributed by atoms with Crippen molar-refractivity contribution in [3.63, 3.8) is 0 Å². The SMILES string of the molecule is CC1CCC(C2(OCC3CCOCC3)C=CNC(N)=N2)CC1. The van der Waals surface area contributed by atoms with Gasteiger partial charge in [-0.15, -0.1) is 0 Å². The van der Waals surface area contributed by atoms with E-state index in [1.54, 1.807) is 0 Å². The second-order valence-corrected chi connectivity index (χ2v) is 7.05. The van der Waals surface area contributed by atoms with E-state index in [-0.39, 0.29) is 0 Å². The first-order chi connectivity index (χ1) is 10.7. The lowest BCUT2D eigenvalue weighted by Crippen LogP contribution is -2.47. The Morgan fingerprint density at radius 3 is 2.68 bits per heavy atom. The van der Waals surface area contributed by atoms with Gasteiger partial charge in [0.15, 0.2) is 11.7 Å². The molecular formula is C17H29N3O2. The van der Waals surface area contributed by atoms with Gasteiger partial charge in [-0.25, -0.2) is 4.99 Å². The van der Waals surface area contributed by atoms with Crippen LogP contribution in [0.4, 0.5) is 0 Å². The zero-order valence-corrected chi connectivity index (χ0v) is 13.6. The number of ether oxygens (including phenoxy) is 2. The normalized spacial score (nSPS) is 36.7. The number of hydrogen-bond donors (Lipinski definition) is 2. The average Bonchev–Trinajstić information content (AvgIpc) is 2.55. The fourth-order valence-electron chi connectivity index (χ4n) is 3.77. The van der Waals surface area contributed by atoms with Gasteiger partial charge in [0.25, 0.3) is 0 Å². The Labute approximate surface area is 133 Å². The molecule has 2 aliphatic heterocycles. The summed E-state index contributed by atoms with van der Waals surface area (Å²) in [6.45, 7) is 4.79.